The first kappa shape index (κ1) is 19.4. The van der Waals surface area contributed by atoms with Crippen molar-refractivity contribution in [3.63, 3.8) is 0 Å². The molecular weight excluding hydrogens is 331 g/mol. The van der Waals surface area contributed by atoms with Crippen LogP contribution >= 0.6 is 0 Å². The van der Waals surface area contributed by atoms with Gasteiger partial charge in [-0.15, -0.1) is 0 Å². The molecule has 0 spiro atoms. The van der Waals surface area contributed by atoms with Crippen LogP contribution in [0.4, 0.5) is 0 Å². The molecule has 0 radical (unpaired) electrons. The number of benzene rings is 1. The second-order valence-electron chi connectivity index (χ2n) is 7.92. The Labute approximate surface area is 156 Å². The van der Waals surface area contributed by atoms with Crippen molar-refractivity contribution < 1.29 is 18.8 Å². The zero-order valence-electron chi connectivity index (χ0n) is 16.2. The second kappa shape index (κ2) is 7.68. The average molecular weight is 360 g/mol. The standard InChI is InChI=1S/C19H29BN2O4/c1-18(2)19(3,4)26-20(25-18)16-7-5-15(6-8-16)17(23)21-9-10-22-11-13-24-14-12-22/h5-8H,9-14H2,1-4H3,(H,21,23). The van der Waals surface area contributed by atoms with Crippen LogP contribution in [-0.2, 0) is 14.0 Å². The van der Waals surface area contributed by atoms with Crippen molar-refractivity contribution in [2.24, 2.45) is 0 Å². The van der Waals surface area contributed by atoms with E-state index in [4.69, 9.17) is 14.0 Å². The molecule has 2 aliphatic rings. The van der Waals surface area contributed by atoms with Gasteiger partial charge in [0.25, 0.3) is 5.91 Å². The highest BCUT2D eigenvalue weighted by Crippen LogP contribution is 2.36. The average Bonchev–Trinajstić information content (AvgIpc) is 2.83. The number of nitrogens with zero attached hydrogens (tertiary/aromatic N) is 1. The number of nitrogens with one attached hydrogen (secondary N) is 1. The predicted octanol–water partition coefficient (Wildman–Crippen LogP) is 1.05. The number of amides is 1. The maximum Gasteiger partial charge on any atom is 0.494 e. The number of hydrogen-bond donors (Lipinski definition) is 1. The van der Waals surface area contributed by atoms with Gasteiger partial charge in [-0.1, -0.05) is 12.1 Å². The van der Waals surface area contributed by atoms with Gasteiger partial charge in [0.1, 0.15) is 0 Å². The van der Waals surface area contributed by atoms with Crippen LogP contribution in [0.3, 0.4) is 0 Å². The van der Waals surface area contributed by atoms with E-state index in [0.717, 1.165) is 38.3 Å². The van der Waals surface area contributed by atoms with Crippen molar-refractivity contribution in [3.8, 4) is 0 Å². The van der Waals surface area contributed by atoms with E-state index in [1.54, 1.807) is 0 Å². The maximum absolute atomic E-state index is 12.3. The smallest absolute Gasteiger partial charge is 0.399 e. The fraction of sp³-hybridized carbons (Fsp3) is 0.632. The van der Waals surface area contributed by atoms with Gasteiger partial charge in [-0.25, -0.2) is 0 Å². The van der Waals surface area contributed by atoms with E-state index in [9.17, 15) is 4.79 Å². The number of rotatable bonds is 5. The Morgan fingerprint density at radius 3 is 2.23 bits per heavy atom. The minimum Gasteiger partial charge on any atom is -0.399 e. The summed E-state index contributed by atoms with van der Waals surface area (Å²) in [7, 11) is -0.404. The molecule has 2 heterocycles. The third-order valence-corrected chi connectivity index (χ3v) is 5.52. The minimum absolute atomic E-state index is 0.0567. The molecule has 1 aromatic carbocycles. The first-order valence-electron chi connectivity index (χ1n) is 9.32. The molecule has 0 saturated carbocycles. The zero-order chi connectivity index (χ0) is 18.8. The lowest BCUT2D eigenvalue weighted by Crippen LogP contribution is -2.41. The van der Waals surface area contributed by atoms with E-state index in [1.807, 2.05) is 52.0 Å². The maximum atomic E-state index is 12.3. The molecule has 7 heteroatoms. The molecule has 142 valence electrons. The molecule has 6 nitrogen and oxygen atoms in total. The molecule has 1 amide bonds. The Morgan fingerprint density at radius 1 is 1.08 bits per heavy atom. The Morgan fingerprint density at radius 2 is 1.65 bits per heavy atom. The number of carbonyl (C=O) groups is 1. The molecule has 2 fully saturated rings. The number of ether oxygens (including phenoxy) is 1. The van der Waals surface area contributed by atoms with Gasteiger partial charge >= 0.3 is 7.12 Å². The van der Waals surface area contributed by atoms with E-state index < -0.39 is 7.12 Å². The molecule has 0 aromatic heterocycles. The second-order valence-corrected chi connectivity index (χ2v) is 7.92. The molecule has 0 atom stereocenters. The van der Waals surface area contributed by atoms with Gasteiger partial charge in [-0.05, 0) is 45.3 Å². The van der Waals surface area contributed by atoms with Crippen molar-refractivity contribution in [1.29, 1.82) is 0 Å². The molecule has 26 heavy (non-hydrogen) atoms. The highest BCUT2D eigenvalue weighted by Gasteiger charge is 2.51. The third kappa shape index (κ3) is 4.28. The van der Waals surface area contributed by atoms with Crippen LogP contribution in [0.2, 0.25) is 0 Å². The summed E-state index contributed by atoms with van der Waals surface area (Å²) in [6.45, 7) is 13.0. The first-order valence-corrected chi connectivity index (χ1v) is 9.32. The molecule has 2 aliphatic heterocycles. The van der Waals surface area contributed by atoms with Crippen molar-refractivity contribution in [2.45, 2.75) is 38.9 Å². The summed E-state index contributed by atoms with van der Waals surface area (Å²) in [5.41, 5.74) is 0.834. The summed E-state index contributed by atoms with van der Waals surface area (Å²) in [4.78, 5) is 14.6. The lowest BCUT2D eigenvalue weighted by molar-refractivity contribution is 0.00578. The summed E-state index contributed by atoms with van der Waals surface area (Å²) in [6, 6.07) is 7.45. The Balaban J connectivity index is 1.52. The van der Waals surface area contributed by atoms with Gasteiger partial charge in [0.2, 0.25) is 0 Å². The summed E-state index contributed by atoms with van der Waals surface area (Å²) in [5.74, 6) is -0.0567. The van der Waals surface area contributed by atoms with E-state index in [0.29, 0.717) is 12.1 Å². The summed E-state index contributed by atoms with van der Waals surface area (Å²) >= 11 is 0. The lowest BCUT2D eigenvalue weighted by atomic mass is 9.79. The predicted molar refractivity (Wildman–Crippen MR) is 102 cm³/mol. The van der Waals surface area contributed by atoms with Gasteiger partial charge in [0.15, 0.2) is 0 Å². The quantitative estimate of drug-likeness (QED) is 0.796. The Bertz CT molecular complexity index is 611. The molecule has 0 unspecified atom stereocenters. The van der Waals surface area contributed by atoms with Gasteiger partial charge in [0, 0.05) is 31.7 Å². The number of carbonyl (C=O) groups excluding carboxylic acids is 1. The summed E-state index contributed by atoms with van der Waals surface area (Å²) < 4.78 is 17.4. The van der Waals surface area contributed by atoms with Crippen LogP contribution in [0.1, 0.15) is 38.1 Å². The highest BCUT2D eigenvalue weighted by molar-refractivity contribution is 6.62. The van der Waals surface area contributed by atoms with Gasteiger partial charge < -0.3 is 19.4 Å². The van der Waals surface area contributed by atoms with Crippen LogP contribution in [0.25, 0.3) is 0 Å². The van der Waals surface area contributed by atoms with E-state index in [-0.39, 0.29) is 17.1 Å². The number of morpholine rings is 1. The molecule has 1 aromatic rings. The fourth-order valence-electron chi connectivity index (χ4n) is 3.03. The molecule has 0 bridgehead atoms. The highest BCUT2D eigenvalue weighted by atomic mass is 16.7. The Kier molecular flexibility index (Phi) is 5.72. The van der Waals surface area contributed by atoms with Crippen LogP contribution in [0, 0.1) is 0 Å². The molecule has 3 rings (SSSR count). The van der Waals surface area contributed by atoms with Crippen LogP contribution in [-0.4, -0.2) is 68.5 Å². The number of hydrogen-bond acceptors (Lipinski definition) is 5. The van der Waals surface area contributed by atoms with Gasteiger partial charge in [-0.3, -0.25) is 9.69 Å². The first-order chi connectivity index (χ1) is 12.3. The fourth-order valence-corrected chi connectivity index (χ4v) is 3.03. The van der Waals surface area contributed by atoms with E-state index >= 15 is 0 Å². The summed E-state index contributed by atoms with van der Waals surface area (Å²) in [6.07, 6.45) is 0. The monoisotopic (exact) mass is 360 g/mol. The van der Waals surface area contributed by atoms with Crippen molar-refractivity contribution in [1.82, 2.24) is 10.2 Å². The topological polar surface area (TPSA) is 60.0 Å². The van der Waals surface area contributed by atoms with Gasteiger partial charge in [-0.2, -0.15) is 0 Å². The SMILES string of the molecule is CC1(C)OB(c2ccc(C(=O)NCCN3CCOCC3)cc2)OC1(C)C. The normalized spacial score (nSPS) is 22.4. The third-order valence-electron chi connectivity index (χ3n) is 5.52. The molecular formula is C19H29BN2O4. The van der Waals surface area contributed by atoms with E-state index in [2.05, 4.69) is 10.2 Å². The largest absolute Gasteiger partial charge is 0.494 e. The minimum atomic E-state index is -0.404. The zero-order valence-corrected chi connectivity index (χ0v) is 16.2. The van der Waals surface area contributed by atoms with Crippen LogP contribution in [0.5, 0.6) is 0 Å². The molecule has 1 N–H and O–H groups in total. The van der Waals surface area contributed by atoms with Crippen molar-refractivity contribution in [3.05, 3.63) is 29.8 Å². The van der Waals surface area contributed by atoms with E-state index in [1.165, 1.54) is 0 Å². The molecule has 0 aliphatic carbocycles. The van der Waals surface area contributed by atoms with Crippen molar-refractivity contribution >= 4 is 18.5 Å². The summed E-state index contributed by atoms with van der Waals surface area (Å²) in [5, 5.41) is 2.98. The molecule has 2 saturated heterocycles. The Hall–Kier alpha value is -1.41. The van der Waals surface area contributed by atoms with Crippen LogP contribution in [0.15, 0.2) is 24.3 Å². The van der Waals surface area contributed by atoms with Crippen LogP contribution < -0.4 is 10.8 Å². The lowest BCUT2D eigenvalue weighted by Gasteiger charge is -2.32. The van der Waals surface area contributed by atoms with Gasteiger partial charge in [0.05, 0.1) is 24.4 Å². The van der Waals surface area contributed by atoms with Crippen molar-refractivity contribution in [2.75, 3.05) is 39.4 Å².